The van der Waals surface area contributed by atoms with E-state index in [0.29, 0.717) is 19.0 Å². The summed E-state index contributed by atoms with van der Waals surface area (Å²) in [6.07, 6.45) is -1.06. The zero-order valence-corrected chi connectivity index (χ0v) is 17.0. The summed E-state index contributed by atoms with van der Waals surface area (Å²) < 4.78 is 73.6. The number of imidazole rings is 1. The highest BCUT2D eigenvalue weighted by Gasteiger charge is 2.33. The molecule has 9 nitrogen and oxygen atoms in total. The van der Waals surface area contributed by atoms with Gasteiger partial charge in [-0.1, -0.05) is 0 Å². The Morgan fingerprint density at radius 3 is 2.76 bits per heavy atom. The van der Waals surface area contributed by atoms with E-state index in [1.165, 1.54) is 16.9 Å². The Bertz CT molecular complexity index is 1170. The molecule has 1 atom stereocenters. The van der Waals surface area contributed by atoms with E-state index >= 15 is 0 Å². The van der Waals surface area contributed by atoms with Gasteiger partial charge in [-0.3, -0.25) is 9.20 Å². The summed E-state index contributed by atoms with van der Waals surface area (Å²) in [5, 5.41) is 11.0. The van der Waals surface area contributed by atoms with Crippen molar-refractivity contribution in [1.29, 1.82) is 0 Å². The monoisotopic (exact) mass is 472 g/mol. The van der Waals surface area contributed by atoms with Crippen LogP contribution in [-0.2, 0) is 4.79 Å². The van der Waals surface area contributed by atoms with Gasteiger partial charge in [0, 0.05) is 25.2 Å². The van der Waals surface area contributed by atoms with E-state index in [4.69, 9.17) is 0 Å². The summed E-state index contributed by atoms with van der Waals surface area (Å²) in [5.74, 6) is -1.29. The average Bonchev–Trinajstić information content (AvgIpc) is 3.21. The summed E-state index contributed by atoms with van der Waals surface area (Å²) in [4.78, 5) is 18.0. The summed E-state index contributed by atoms with van der Waals surface area (Å²) in [6.45, 7) is -2.60. The van der Waals surface area contributed by atoms with Crippen molar-refractivity contribution >= 4 is 17.4 Å². The number of anilines is 1. The van der Waals surface area contributed by atoms with E-state index in [1.54, 1.807) is 11.9 Å². The average molecular weight is 472 g/mol. The minimum absolute atomic E-state index is 0.0482. The lowest BCUT2D eigenvalue weighted by molar-refractivity contribution is -0.274. The molecule has 0 bridgehead atoms. The molecule has 3 aromatic rings. The zero-order valence-electron chi connectivity index (χ0n) is 17.0. The van der Waals surface area contributed by atoms with E-state index in [2.05, 4.69) is 30.0 Å². The Morgan fingerprint density at radius 1 is 1.24 bits per heavy atom. The highest BCUT2D eigenvalue weighted by molar-refractivity contribution is 5.85. The first kappa shape index (κ1) is 22.5. The molecule has 1 amide bonds. The molecule has 0 spiro atoms. The van der Waals surface area contributed by atoms with Crippen molar-refractivity contribution in [3.63, 3.8) is 0 Å². The number of hydrogen-bond donors (Lipinski definition) is 1. The predicted octanol–water partition coefficient (Wildman–Crippen LogP) is 3.32. The number of likely N-dealkylation sites (N-methyl/N-ethyl adjacent to an activating group) is 1. The van der Waals surface area contributed by atoms with Gasteiger partial charge in [0.1, 0.15) is 29.6 Å². The van der Waals surface area contributed by atoms with Crippen LogP contribution in [0.2, 0.25) is 0 Å². The quantitative estimate of drug-likeness (QED) is 0.550. The number of benzene rings is 1. The molecule has 1 unspecified atom stereocenters. The van der Waals surface area contributed by atoms with Crippen LogP contribution >= 0.6 is 0 Å². The zero-order chi connectivity index (χ0) is 23.8. The molecule has 14 heteroatoms. The third-order valence-corrected chi connectivity index (χ3v) is 4.98. The highest BCUT2D eigenvalue weighted by Crippen LogP contribution is 2.38. The largest absolute Gasteiger partial charge is 0.573 e. The lowest BCUT2D eigenvalue weighted by atomic mass is 10.1. The van der Waals surface area contributed by atoms with Crippen LogP contribution in [0.1, 0.15) is 12.8 Å². The van der Waals surface area contributed by atoms with Crippen molar-refractivity contribution in [1.82, 2.24) is 24.5 Å². The number of amides is 1. The summed E-state index contributed by atoms with van der Waals surface area (Å²) in [6, 6.07) is 2.29. The van der Waals surface area contributed by atoms with Crippen LogP contribution in [-0.4, -0.2) is 63.0 Å². The van der Waals surface area contributed by atoms with E-state index < -0.39 is 30.5 Å². The van der Waals surface area contributed by atoms with Crippen molar-refractivity contribution < 1.29 is 36.2 Å². The molecule has 1 aromatic carbocycles. The smallest absolute Gasteiger partial charge is 0.435 e. The number of ether oxygens (including phenoxy) is 2. The second kappa shape index (κ2) is 8.67. The molecule has 1 aliphatic rings. The number of carbonyl (C=O) groups excluding carboxylic acids is 1. The third kappa shape index (κ3) is 4.88. The number of nitrogens with zero attached hydrogens (tertiary/aromatic N) is 5. The second-order valence-corrected chi connectivity index (χ2v) is 7.20. The number of halogens is 5. The molecule has 33 heavy (non-hydrogen) atoms. The van der Waals surface area contributed by atoms with Gasteiger partial charge in [-0.05, 0) is 25.0 Å². The van der Waals surface area contributed by atoms with E-state index in [-0.39, 0.29) is 28.6 Å². The van der Waals surface area contributed by atoms with Crippen LogP contribution < -0.4 is 14.8 Å². The fourth-order valence-electron chi connectivity index (χ4n) is 3.53. The molecule has 176 valence electrons. The number of hydrogen-bond acceptors (Lipinski definition) is 7. The molecule has 3 heterocycles. The molecule has 1 N–H and O–H groups in total. The Balaban J connectivity index is 1.74. The maximum Gasteiger partial charge on any atom is 0.573 e. The van der Waals surface area contributed by atoms with Gasteiger partial charge in [0.15, 0.2) is 0 Å². The molecule has 1 aliphatic heterocycles. The lowest BCUT2D eigenvalue weighted by Gasteiger charge is -2.29. The standard InChI is InChI=1S/C19H17F5N6O3/c1-29-6-2-3-12(16(29)31)26-18-28-27-15(13-8-25-9-30(13)18)11-5-4-10(32-17(20)21)7-14(11)33-19(22,23)24/h4-5,7-9,12,17H,2-3,6H2,1H3,(H,26,28). The fraction of sp³-hybridized carbons (Fsp3) is 0.368. The predicted molar refractivity (Wildman–Crippen MR) is 104 cm³/mol. The van der Waals surface area contributed by atoms with Gasteiger partial charge in [-0.2, -0.15) is 8.78 Å². The minimum Gasteiger partial charge on any atom is -0.435 e. The van der Waals surface area contributed by atoms with Crippen molar-refractivity contribution in [2.75, 3.05) is 18.9 Å². The number of nitrogens with one attached hydrogen (secondary N) is 1. The maximum absolute atomic E-state index is 13.0. The van der Waals surface area contributed by atoms with Crippen LogP contribution in [0.5, 0.6) is 11.5 Å². The van der Waals surface area contributed by atoms with Crippen molar-refractivity contribution in [3.05, 3.63) is 30.7 Å². The van der Waals surface area contributed by atoms with Gasteiger partial charge in [0.25, 0.3) is 0 Å². The van der Waals surface area contributed by atoms with Gasteiger partial charge in [-0.25, -0.2) is 4.98 Å². The summed E-state index contributed by atoms with van der Waals surface area (Å²) >= 11 is 0. The summed E-state index contributed by atoms with van der Waals surface area (Å²) in [7, 11) is 1.68. The molecule has 4 rings (SSSR count). The SMILES string of the molecule is CN1CCCC(Nc2nnc(-c3ccc(OC(F)F)cc3OC(F)(F)F)c3cncn23)C1=O. The number of aromatic nitrogens is 4. The van der Waals surface area contributed by atoms with Crippen LogP contribution in [0.3, 0.4) is 0 Å². The fourth-order valence-corrected chi connectivity index (χ4v) is 3.53. The van der Waals surface area contributed by atoms with Crippen LogP contribution in [0.25, 0.3) is 16.8 Å². The molecule has 0 radical (unpaired) electrons. The third-order valence-electron chi connectivity index (χ3n) is 4.98. The first-order chi connectivity index (χ1) is 15.6. The molecular formula is C19H17F5N6O3. The van der Waals surface area contributed by atoms with Gasteiger partial charge < -0.3 is 19.7 Å². The van der Waals surface area contributed by atoms with Gasteiger partial charge in [0.2, 0.25) is 11.9 Å². The Hall–Kier alpha value is -3.71. The first-order valence-electron chi connectivity index (χ1n) is 9.67. The Labute approximate surface area is 183 Å². The number of carbonyl (C=O) groups is 1. The molecule has 1 fully saturated rings. The van der Waals surface area contributed by atoms with E-state index in [9.17, 15) is 26.7 Å². The maximum atomic E-state index is 13.0. The molecular weight excluding hydrogens is 455 g/mol. The number of fused-ring (bicyclic) bond motifs is 1. The number of alkyl halides is 5. The Kier molecular flexibility index (Phi) is 5.91. The van der Waals surface area contributed by atoms with Crippen molar-refractivity contribution in [3.8, 4) is 22.8 Å². The van der Waals surface area contributed by atoms with Crippen molar-refractivity contribution in [2.24, 2.45) is 0 Å². The molecule has 2 aromatic heterocycles. The van der Waals surface area contributed by atoms with Crippen LogP contribution in [0.15, 0.2) is 30.7 Å². The number of likely N-dealkylation sites (tertiary alicyclic amines) is 1. The second-order valence-electron chi connectivity index (χ2n) is 7.20. The topological polar surface area (TPSA) is 93.9 Å². The minimum atomic E-state index is -5.10. The number of rotatable bonds is 6. The van der Waals surface area contributed by atoms with Crippen LogP contribution in [0.4, 0.5) is 27.9 Å². The Morgan fingerprint density at radius 2 is 2.03 bits per heavy atom. The van der Waals surface area contributed by atoms with Gasteiger partial charge in [0.05, 0.1) is 11.7 Å². The van der Waals surface area contributed by atoms with Crippen LogP contribution in [0, 0.1) is 0 Å². The van der Waals surface area contributed by atoms with Crippen molar-refractivity contribution in [2.45, 2.75) is 31.9 Å². The molecule has 0 saturated carbocycles. The van der Waals surface area contributed by atoms with E-state index in [1.807, 2.05) is 0 Å². The van der Waals surface area contributed by atoms with Gasteiger partial charge in [-0.15, -0.1) is 23.4 Å². The molecule has 0 aliphatic carbocycles. The first-order valence-corrected chi connectivity index (χ1v) is 9.67. The lowest BCUT2D eigenvalue weighted by Crippen LogP contribution is -2.45. The highest BCUT2D eigenvalue weighted by atomic mass is 19.4. The van der Waals surface area contributed by atoms with Gasteiger partial charge >= 0.3 is 13.0 Å². The van der Waals surface area contributed by atoms with E-state index in [0.717, 1.165) is 18.6 Å². The molecule has 1 saturated heterocycles. The number of piperidine rings is 1. The normalized spacial score (nSPS) is 17.0. The summed E-state index contributed by atoms with van der Waals surface area (Å²) in [5.41, 5.74) is 0.0265.